The fraction of sp³-hybridized carbons (Fsp3) is 0.625. The molecule has 0 amide bonds. The van der Waals surface area contributed by atoms with Gasteiger partial charge in [0.2, 0.25) is 0 Å². The van der Waals surface area contributed by atoms with E-state index < -0.39 is 0 Å². The lowest BCUT2D eigenvalue weighted by molar-refractivity contribution is 0.0836. The highest BCUT2D eigenvalue weighted by Gasteiger charge is 2.33. The third-order valence-corrected chi connectivity index (χ3v) is 5.28. The van der Waals surface area contributed by atoms with Gasteiger partial charge in [-0.1, -0.05) is 12.5 Å². The zero-order chi connectivity index (χ0) is 13.9. The zero-order valence-electron chi connectivity index (χ0n) is 12.1. The van der Waals surface area contributed by atoms with Crippen molar-refractivity contribution in [1.82, 2.24) is 10.2 Å². The molecule has 0 unspecified atom stereocenters. The number of benzene rings is 1. The molecule has 1 aliphatic heterocycles. The Labute approximate surface area is 129 Å². The van der Waals surface area contributed by atoms with Crippen molar-refractivity contribution in [2.45, 2.75) is 25.3 Å². The first-order valence-electron chi connectivity index (χ1n) is 7.58. The van der Waals surface area contributed by atoms with Crippen LogP contribution in [-0.4, -0.2) is 38.2 Å². The summed E-state index contributed by atoms with van der Waals surface area (Å²) in [5.41, 5.74) is 1.43. The monoisotopic (exact) mass is 338 g/mol. The third-order valence-electron chi connectivity index (χ3n) is 4.66. The minimum absolute atomic E-state index is 0.577. The van der Waals surface area contributed by atoms with Gasteiger partial charge in [0, 0.05) is 32.2 Å². The molecule has 20 heavy (non-hydrogen) atoms. The fourth-order valence-corrected chi connectivity index (χ4v) is 3.92. The molecule has 2 aliphatic rings. The van der Waals surface area contributed by atoms with Crippen LogP contribution in [0.25, 0.3) is 0 Å². The Balaban J connectivity index is 1.85. The molecule has 0 radical (unpaired) electrons. The van der Waals surface area contributed by atoms with Crippen LogP contribution in [0.1, 0.15) is 30.9 Å². The lowest BCUT2D eigenvalue weighted by Gasteiger charge is -2.43. The van der Waals surface area contributed by atoms with E-state index in [1.54, 1.807) is 7.11 Å². The summed E-state index contributed by atoms with van der Waals surface area (Å²) in [6.07, 6.45) is 4.14. The summed E-state index contributed by atoms with van der Waals surface area (Å²) in [4.78, 5) is 2.66. The van der Waals surface area contributed by atoms with Crippen molar-refractivity contribution in [3.63, 3.8) is 0 Å². The quantitative estimate of drug-likeness (QED) is 0.912. The van der Waals surface area contributed by atoms with Crippen molar-refractivity contribution in [3.8, 4) is 5.75 Å². The lowest BCUT2D eigenvalue weighted by Crippen LogP contribution is -2.47. The average molecular weight is 339 g/mol. The Bertz CT molecular complexity index is 456. The van der Waals surface area contributed by atoms with E-state index in [1.165, 1.54) is 24.8 Å². The number of nitrogens with zero attached hydrogens (tertiary/aromatic N) is 1. The molecule has 1 aromatic rings. The molecular weight excluding hydrogens is 316 g/mol. The van der Waals surface area contributed by atoms with E-state index in [0.717, 1.165) is 42.3 Å². The van der Waals surface area contributed by atoms with Gasteiger partial charge < -0.3 is 10.1 Å². The van der Waals surface area contributed by atoms with Gasteiger partial charge in [-0.05, 0) is 52.4 Å². The van der Waals surface area contributed by atoms with Gasteiger partial charge in [0.25, 0.3) is 0 Å². The summed E-state index contributed by atoms with van der Waals surface area (Å²) in [5.74, 6) is 1.75. The van der Waals surface area contributed by atoms with Crippen LogP contribution < -0.4 is 10.1 Å². The maximum Gasteiger partial charge on any atom is 0.133 e. The highest BCUT2D eigenvalue weighted by atomic mass is 79.9. The molecule has 2 fully saturated rings. The summed E-state index contributed by atoms with van der Waals surface area (Å²) < 4.78 is 6.42. The maximum atomic E-state index is 5.36. The molecule has 1 aliphatic carbocycles. The minimum atomic E-state index is 0.577. The number of rotatable bonds is 4. The average Bonchev–Trinajstić information content (AvgIpc) is 2.43. The van der Waals surface area contributed by atoms with Crippen LogP contribution in [0.5, 0.6) is 5.75 Å². The standard InChI is InChI=1S/C16H23BrN2O/c1-20-15-6-5-13(11-14(15)17)16(12-3-2-4-12)19-9-7-18-8-10-19/h5-6,11-12,16,18H,2-4,7-10H2,1H3/t16-/m0/s1. The third kappa shape index (κ3) is 2.87. The zero-order valence-corrected chi connectivity index (χ0v) is 13.7. The number of hydrogen-bond acceptors (Lipinski definition) is 3. The van der Waals surface area contributed by atoms with Crippen LogP contribution in [0.2, 0.25) is 0 Å². The van der Waals surface area contributed by atoms with Crippen LogP contribution in [0.15, 0.2) is 22.7 Å². The highest BCUT2D eigenvalue weighted by molar-refractivity contribution is 9.10. The summed E-state index contributed by atoms with van der Waals surface area (Å²) >= 11 is 3.63. The first-order chi connectivity index (χ1) is 9.79. The summed E-state index contributed by atoms with van der Waals surface area (Å²) in [5, 5.41) is 3.45. The largest absolute Gasteiger partial charge is 0.496 e. The highest BCUT2D eigenvalue weighted by Crippen LogP contribution is 2.42. The van der Waals surface area contributed by atoms with Gasteiger partial charge in [-0.2, -0.15) is 0 Å². The molecule has 1 heterocycles. The van der Waals surface area contributed by atoms with Gasteiger partial charge >= 0.3 is 0 Å². The van der Waals surface area contributed by atoms with Crippen molar-refractivity contribution >= 4 is 15.9 Å². The van der Waals surface area contributed by atoms with Crippen LogP contribution >= 0.6 is 15.9 Å². The number of nitrogens with one attached hydrogen (secondary N) is 1. The first kappa shape index (κ1) is 14.4. The predicted octanol–water partition coefficient (Wildman–Crippen LogP) is 3.20. The smallest absolute Gasteiger partial charge is 0.133 e. The number of hydrogen-bond donors (Lipinski definition) is 1. The normalized spacial score (nSPS) is 22.3. The number of piperazine rings is 1. The Morgan fingerprint density at radius 1 is 1.30 bits per heavy atom. The summed E-state index contributed by atoms with van der Waals surface area (Å²) in [6, 6.07) is 7.17. The van der Waals surface area contributed by atoms with Crippen molar-refractivity contribution in [2.24, 2.45) is 5.92 Å². The number of halogens is 1. The van der Waals surface area contributed by atoms with Gasteiger partial charge in [-0.15, -0.1) is 0 Å². The van der Waals surface area contributed by atoms with Crippen molar-refractivity contribution in [2.75, 3.05) is 33.3 Å². The molecule has 110 valence electrons. The number of methoxy groups -OCH3 is 1. The SMILES string of the molecule is COc1ccc([C@H](C2CCC2)N2CCNCC2)cc1Br. The molecule has 0 bridgehead atoms. The van der Waals surface area contributed by atoms with E-state index in [2.05, 4.69) is 44.3 Å². The molecule has 1 aromatic carbocycles. The second-order valence-electron chi connectivity index (χ2n) is 5.82. The summed E-state index contributed by atoms with van der Waals surface area (Å²) in [6.45, 7) is 4.54. The van der Waals surface area contributed by atoms with E-state index in [0.29, 0.717) is 6.04 Å². The van der Waals surface area contributed by atoms with E-state index in [1.807, 2.05) is 0 Å². The molecular formula is C16H23BrN2O. The Morgan fingerprint density at radius 3 is 2.60 bits per heavy atom. The second-order valence-corrected chi connectivity index (χ2v) is 6.67. The van der Waals surface area contributed by atoms with Gasteiger partial charge in [0.05, 0.1) is 11.6 Å². The van der Waals surface area contributed by atoms with Crippen LogP contribution in [0.3, 0.4) is 0 Å². The van der Waals surface area contributed by atoms with E-state index in [4.69, 9.17) is 4.74 Å². The van der Waals surface area contributed by atoms with Crippen LogP contribution in [-0.2, 0) is 0 Å². The Hall–Kier alpha value is -0.580. The minimum Gasteiger partial charge on any atom is -0.496 e. The molecule has 1 saturated heterocycles. The lowest BCUT2D eigenvalue weighted by atomic mass is 9.76. The molecule has 0 aromatic heterocycles. The Kier molecular flexibility index (Phi) is 4.64. The second kappa shape index (κ2) is 6.46. The van der Waals surface area contributed by atoms with Gasteiger partial charge in [-0.3, -0.25) is 4.90 Å². The van der Waals surface area contributed by atoms with Gasteiger partial charge in [-0.25, -0.2) is 0 Å². The van der Waals surface area contributed by atoms with Crippen molar-refractivity contribution in [1.29, 1.82) is 0 Å². The van der Waals surface area contributed by atoms with Crippen LogP contribution in [0, 0.1) is 5.92 Å². The predicted molar refractivity (Wildman–Crippen MR) is 85.2 cm³/mol. The fourth-order valence-electron chi connectivity index (χ4n) is 3.36. The van der Waals surface area contributed by atoms with E-state index >= 15 is 0 Å². The van der Waals surface area contributed by atoms with Crippen molar-refractivity contribution in [3.05, 3.63) is 28.2 Å². The van der Waals surface area contributed by atoms with E-state index in [9.17, 15) is 0 Å². The molecule has 1 saturated carbocycles. The molecule has 3 rings (SSSR count). The van der Waals surface area contributed by atoms with E-state index in [-0.39, 0.29) is 0 Å². The molecule has 1 atom stereocenters. The molecule has 3 nitrogen and oxygen atoms in total. The Morgan fingerprint density at radius 2 is 2.05 bits per heavy atom. The van der Waals surface area contributed by atoms with Gasteiger partial charge in [0.1, 0.15) is 5.75 Å². The number of ether oxygens (including phenoxy) is 1. The van der Waals surface area contributed by atoms with Crippen molar-refractivity contribution < 1.29 is 4.74 Å². The molecule has 4 heteroatoms. The molecule has 0 spiro atoms. The topological polar surface area (TPSA) is 24.5 Å². The summed E-state index contributed by atoms with van der Waals surface area (Å²) in [7, 11) is 1.72. The van der Waals surface area contributed by atoms with Gasteiger partial charge in [0.15, 0.2) is 0 Å². The first-order valence-corrected chi connectivity index (χ1v) is 8.37. The maximum absolute atomic E-state index is 5.36. The molecule has 1 N–H and O–H groups in total. The van der Waals surface area contributed by atoms with Crippen LogP contribution in [0.4, 0.5) is 0 Å².